The largest absolute Gasteiger partial charge is 0.477 e. The Balaban J connectivity index is 1.92. The monoisotopic (exact) mass is 476 g/mol. The van der Waals surface area contributed by atoms with E-state index in [9.17, 15) is 9.90 Å². The minimum absolute atomic E-state index is 0.0271. The average molecular weight is 477 g/mol. The molecule has 0 aliphatic carbocycles. The number of carbonyl (C=O) groups is 1. The van der Waals surface area contributed by atoms with Crippen molar-refractivity contribution in [1.82, 2.24) is 0 Å². The fourth-order valence-corrected chi connectivity index (χ4v) is 4.82. The Kier molecular flexibility index (Phi) is 17.8. The molecular formula is C29H54N3O2+. The topological polar surface area (TPSA) is 75.7 Å². The second-order valence-electron chi connectivity index (χ2n) is 10.2. The van der Waals surface area contributed by atoms with Crippen LogP contribution in [0.1, 0.15) is 136 Å². The molecular weight excluding hydrogens is 422 g/mol. The van der Waals surface area contributed by atoms with E-state index in [4.69, 9.17) is 5.73 Å². The Morgan fingerprint density at radius 2 is 1.35 bits per heavy atom. The number of carboxylic acid groups (broad SMARTS) is 1. The molecule has 2 unspecified atom stereocenters. The fourth-order valence-electron chi connectivity index (χ4n) is 4.82. The zero-order chi connectivity index (χ0) is 24.9. The molecule has 0 bridgehead atoms. The van der Waals surface area contributed by atoms with Crippen LogP contribution in [0.4, 0.5) is 0 Å². The van der Waals surface area contributed by atoms with Crippen LogP contribution >= 0.6 is 0 Å². The second kappa shape index (κ2) is 19.8. The van der Waals surface area contributed by atoms with E-state index in [0.717, 1.165) is 18.7 Å². The normalized spacial score (nSPS) is 18.6. The Labute approximate surface area is 210 Å². The lowest BCUT2D eigenvalue weighted by Gasteiger charge is -2.34. The molecule has 3 N–H and O–H groups in total. The van der Waals surface area contributed by atoms with Gasteiger partial charge in [0.2, 0.25) is 5.84 Å². The third-order valence-electron chi connectivity index (χ3n) is 7.07. The number of hydrogen-bond acceptors (Lipinski definition) is 3. The quantitative estimate of drug-likeness (QED) is 0.0889. The maximum atomic E-state index is 11.3. The van der Waals surface area contributed by atoms with Gasteiger partial charge in [0, 0.05) is 13.3 Å². The maximum Gasteiger partial charge on any atom is 0.360 e. The van der Waals surface area contributed by atoms with Crippen molar-refractivity contribution in [3.63, 3.8) is 0 Å². The Morgan fingerprint density at radius 3 is 1.82 bits per heavy atom. The molecule has 2 atom stereocenters. The lowest BCUT2D eigenvalue weighted by Crippen LogP contribution is -2.59. The molecule has 196 valence electrons. The van der Waals surface area contributed by atoms with Gasteiger partial charge in [0.1, 0.15) is 12.4 Å². The van der Waals surface area contributed by atoms with Gasteiger partial charge in [0.25, 0.3) is 0 Å². The van der Waals surface area contributed by atoms with Crippen LogP contribution in [-0.2, 0) is 4.79 Å². The molecule has 5 heteroatoms. The number of aliphatic imine (C=N–C) groups is 1. The number of carboxylic acids is 1. The van der Waals surface area contributed by atoms with Crippen molar-refractivity contribution in [1.29, 1.82) is 0 Å². The van der Waals surface area contributed by atoms with Crippen LogP contribution in [0.5, 0.6) is 0 Å². The van der Waals surface area contributed by atoms with E-state index in [2.05, 4.69) is 24.1 Å². The van der Waals surface area contributed by atoms with Gasteiger partial charge in [-0.05, 0) is 32.1 Å². The van der Waals surface area contributed by atoms with Gasteiger partial charge in [0.05, 0.1) is 6.20 Å². The number of unbranched alkanes of at least 4 members (excludes halogenated alkanes) is 16. The van der Waals surface area contributed by atoms with Crippen molar-refractivity contribution in [2.24, 2.45) is 10.7 Å². The number of allylic oxidation sites excluding steroid dienone is 2. The van der Waals surface area contributed by atoms with Gasteiger partial charge >= 0.3 is 5.97 Å². The van der Waals surface area contributed by atoms with Crippen LogP contribution in [0.3, 0.4) is 0 Å². The highest BCUT2D eigenvalue weighted by molar-refractivity contribution is 5.81. The standard InChI is InChI=1S/C29H53N3O2/c1-3-4-5-6-7-8-9-10-11-12-13-14-15-16-17-18-19-20-21-22-23-28-31-24-25-32(28,27(2)30)26-29(33)34/h13-14,24-25,27H,3-12,15-23,26,30H2,1-2H3/p+1/b14-13+. The van der Waals surface area contributed by atoms with E-state index in [0.29, 0.717) is 0 Å². The van der Waals surface area contributed by atoms with Gasteiger partial charge in [-0.15, -0.1) is 0 Å². The van der Waals surface area contributed by atoms with Crippen molar-refractivity contribution in [2.75, 3.05) is 6.54 Å². The van der Waals surface area contributed by atoms with Crippen LogP contribution in [-0.4, -0.2) is 34.1 Å². The molecule has 0 radical (unpaired) electrons. The molecule has 0 saturated heterocycles. The Morgan fingerprint density at radius 1 is 0.882 bits per heavy atom. The zero-order valence-electron chi connectivity index (χ0n) is 22.4. The van der Waals surface area contributed by atoms with Crippen LogP contribution in [0.2, 0.25) is 0 Å². The zero-order valence-corrected chi connectivity index (χ0v) is 22.4. The summed E-state index contributed by atoms with van der Waals surface area (Å²) >= 11 is 0. The van der Waals surface area contributed by atoms with E-state index < -0.39 is 5.97 Å². The van der Waals surface area contributed by atoms with Crippen molar-refractivity contribution in [3.8, 4) is 0 Å². The fraction of sp³-hybridized carbons (Fsp3) is 0.793. The van der Waals surface area contributed by atoms with Crippen LogP contribution in [0.25, 0.3) is 0 Å². The molecule has 1 aliphatic rings. The van der Waals surface area contributed by atoms with Crippen LogP contribution in [0, 0.1) is 0 Å². The van der Waals surface area contributed by atoms with Crippen LogP contribution in [0.15, 0.2) is 29.5 Å². The number of nitrogens with two attached hydrogens (primary N) is 1. The number of quaternary nitrogens is 1. The summed E-state index contributed by atoms with van der Waals surface area (Å²) in [6.45, 7) is 4.12. The molecule has 0 aromatic rings. The minimum Gasteiger partial charge on any atom is -0.477 e. The molecule has 0 amide bonds. The van der Waals surface area contributed by atoms with Crippen LogP contribution < -0.4 is 5.73 Å². The predicted molar refractivity (Wildman–Crippen MR) is 146 cm³/mol. The third-order valence-corrected chi connectivity index (χ3v) is 7.07. The van der Waals surface area contributed by atoms with E-state index in [1.54, 1.807) is 6.20 Å². The third kappa shape index (κ3) is 13.4. The molecule has 0 aromatic carbocycles. The summed E-state index contributed by atoms with van der Waals surface area (Å²) in [6.07, 6.45) is 32.7. The maximum absolute atomic E-state index is 11.3. The van der Waals surface area contributed by atoms with Crippen molar-refractivity contribution < 1.29 is 14.4 Å². The summed E-state index contributed by atoms with van der Waals surface area (Å²) in [5.74, 6) is 0.0569. The van der Waals surface area contributed by atoms with Crippen molar-refractivity contribution in [2.45, 2.75) is 142 Å². The summed E-state index contributed by atoms with van der Waals surface area (Å²) in [5.41, 5.74) is 6.12. The van der Waals surface area contributed by atoms with Gasteiger partial charge in [-0.25, -0.2) is 14.3 Å². The average Bonchev–Trinajstić information content (AvgIpc) is 3.20. The highest BCUT2D eigenvalue weighted by Crippen LogP contribution is 2.23. The molecule has 0 saturated carbocycles. The lowest BCUT2D eigenvalue weighted by molar-refractivity contribution is -0.805. The van der Waals surface area contributed by atoms with E-state index in [1.807, 2.05) is 13.1 Å². The predicted octanol–water partition coefficient (Wildman–Crippen LogP) is 8.06. The molecule has 1 rings (SSSR count). The highest BCUT2D eigenvalue weighted by Gasteiger charge is 2.40. The first-order chi connectivity index (χ1) is 16.5. The SMILES string of the molecule is CCCCCCCCCCC/C=C/CCCCCCCCCC1=NC=C[N+]1(CC(=O)O)C(C)N. The van der Waals surface area contributed by atoms with Gasteiger partial charge in [-0.2, -0.15) is 0 Å². The molecule has 0 spiro atoms. The summed E-state index contributed by atoms with van der Waals surface area (Å²) in [4.78, 5) is 15.7. The lowest BCUT2D eigenvalue weighted by atomic mass is 10.1. The first kappa shape index (κ1) is 30.6. The molecule has 5 nitrogen and oxygen atoms in total. The van der Waals surface area contributed by atoms with Gasteiger partial charge < -0.3 is 5.11 Å². The molecule has 0 aromatic heterocycles. The Hall–Kier alpha value is -1.46. The van der Waals surface area contributed by atoms with Gasteiger partial charge in [0.15, 0.2) is 6.54 Å². The smallest absolute Gasteiger partial charge is 0.360 e. The summed E-state index contributed by atoms with van der Waals surface area (Å²) < 4.78 is 0.169. The summed E-state index contributed by atoms with van der Waals surface area (Å²) in [7, 11) is 0. The molecule has 1 aliphatic heterocycles. The van der Waals surface area contributed by atoms with E-state index in [-0.39, 0.29) is 17.2 Å². The second-order valence-corrected chi connectivity index (χ2v) is 10.2. The molecule has 0 fully saturated rings. The number of rotatable bonds is 23. The molecule has 34 heavy (non-hydrogen) atoms. The first-order valence-electron chi connectivity index (χ1n) is 14.3. The van der Waals surface area contributed by atoms with E-state index >= 15 is 0 Å². The highest BCUT2D eigenvalue weighted by atomic mass is 16.4. The number of amidine groups is 1. The van der Waals surface area contributed by atoms with E-state index in [1.165, 1.54) is 109 Å². The van der Waals surface area contributed by atoms with Crippen molar-refractivity contribution in [3.05, 3.63) is 24.6 Å². The summed E-state index contributed by atoms with van der Waals surface area (Å²) in [6, 6.07) is 0. The number of hydrogen-bond donors (Lipinski definition) is 2. The minimum atomic E-state index is -0.838. The van der Waals surface area contributed by atoms with Gasteiger partial charge in [-0.3, -0.25) is 5.73 Å². The first-order valence-corrected chi connectivity index (χ1v) is 14.3. The van der Waals surface area contributed by atoms with Gasteiger partial charge in [-0.1, -0.05) is 103 Å². The summed E-state index contributed by atoms with van der Waals surface area (Å²) in [5, 5.41) is 9.28. The Bertz CT molecular complexity index is 612. The number of aliphatic carboxylic acids is 1. The molecule has 1 heterocycles. The number of nitrogens with zero attached hydrogens (tertiary/aromatic N) is 2. The van der Waals surface area contributed by atoms with Crippen molar-refractivity contribution >= 4 is 11.8 Å².